The molecule has 1 aromatic carbocycles. The van der Waals surface area contributed by atoms with Crippen molar-refractivity contribution >= 4 is 28.6 Å². The molecule has 0 saturated carbocycles. The Morgan fingerprint density at radius 1 is 1.21 bits per heavy atom. The number of pyridine rings is 1. The van der Waals surface area contributed by atoms with Crippen molar-refractivity contribution in [3.05, 3.63) is 48.3 Å². The van der Waals surface area contributed by atoms with Crippen LogP contribution in [-0.4, -0.2) is 16.6 Å². The summed E-state index contributed by atoms with van der Waals surface area (Å²) < 4.78 is 5.38. The molecule has 2 rings (SSSR count). The van der Waals surface area contributed by atoms with Gasteiger partial charge in [-0.15, -0.1) is 0 Å². The summed E-state index contributed by atoms with van der Waals surface area (Å²) in [7, 11) is 0. The maximum absolute atomic E-state index is 5.50. The number of hydrogen-bond donors (Lipinski definition) is 2. The minimum Gasteiger partial charge on any atom is -0.494 e. The number of nitrogens with one attached hydrogen (secondary N) is 1. The van der Waals surface area contributed by atoms with Crippen molar-refractivity contribution < 1.29 is 4.74 Å². The first-order chi connectivity index (χ1) is 9.19. The summed E-state index contributed by atoms with van der Waals surface area (Å²) in [6.45, 7) is 2.62. The number of nitrogens with zero attached hydrogens (tertiary/aromatic N) is 1. The number of ether oxygens (including phenoxy) is 1. The summed E-state index contributed by atoms with van der Waals surface area (Å²) >= 11 is 4.86. The van der Waals surface area contributed by atoms with E-state index in [0.29, 0.717) is 17.3 Å². The molecule has 1 aromatic heterocycles. The first-order valence-electron chi connectivity index (χ1n) is 5.95. The van der Waals surface area contributed by atoms with Crippen molar-refractivity contribution in [3.63, 3.8) is 0 Å². The van der Waals surface area contributed by atoms with Gasteiger partial charge in [0.05, 0.1) is 24.2 Å². The van der Waals surface area contributed by atoms with Crippen LogP contribution in [-0.2, 0) is 0 Å². The Kier molecular flexibility index (Phi) is 4.30. The van der Waals surface area contributed by atoms with E-state index < -0.39 is 0 Å². The molecule has 98 valence electrons. The van der Waals surface area contributed by atoms with Crippen LogP contribution in [0.1, 0.15) is 12.6 Å². The van der Waals surface area contributed by atoms with Crippen LogP contribution in [0.4, 0.5) is 11.4 Å². The van der Waals surface area contributed by atoms with Gasteiger partial charge in [0.1, 0.15) is 10.7 Å². The average Bonchev–Trinajstić information content (AvgIpc) is 2.42. The van der Waals surface area contributed by atoms with Crippen molar-refractivity contribution in [2.24, 2.45) is 5.73 Å². The average molecular weight is 273 g/mol. The van der Waals surface area contributed by atoms with Gasteiger partial charge >= 0.3 is 0 Å². The lowest BCUT2D eigenvalue weighted by atomic mass is 10.2. The molecule has 19 heavy (non-hydrogen) atoms. The van der Waals surface area contributed by atoms with E-state index in [9.17, 15) is 0 Å². The van der Waals surface area contributed by atoms with Crippen LogP contribution in [0, 0.1) is 0 Å². The van der Waals surface area contributed by atoms with E-state index in [1.807, 2.05) is 37.3 Å². The summed E-state index contributed by atoms with van der Waals surface area (Å²) in [6, 6.07) is 11.4. The zero-order valence-electron chi connectivity index (χ0n) is 10.6. The second kappa shape index (κ2) is 6.15. The largest absolute Gasteiger partial charge is 0.494 e. The van der Waals surface area contributed by atoms with Gasteiger partial charge in [-0.25, -0.2) is 0 Å². The lowest BCUT2D eigenvalue weighted by Crippen LogP contribution is -2.11. The molecule has 0 amide bonds. The molecular weight excluding hydrogens is 258 g/mol. The fourth-order valence-corrected chi connectivity index (χ4v) is 1.70. The molecular formula is C14H15N3OS. The van der Waals surface area contributed by atoms with E-state index in [1.54, 1.807) is 12.3 Å². The zero-order valence-corrected chi connectivity index (χ0v) is 11.4. The predicted molar refractivity (Wildman–Crippen MR) is 81.0 cm³/mol. The Labute approximate surface area is 117 Å². The first-order valence-corrected chi connectivity index (χ1v) is 6.35. The van der Waals surface area contributed by atoms with Crippen LogP contribution in [0.3, 0.4) is 0 Å². The summed E-state index contributed by atoms with van der Waals surface area (Å²) in [4.78, 5) is 4.47. The molecule has 0 saturated heterocycles. The molecule has 0 aliphatic heterocycles. The highest BCUT2D eigenvalue weighted by Gasteiger charge is 1.99. The lowest BCUT2D eigenvalue weighted by molar-refractivity contribution is 0.340. The van der Waals surface area contributed by atoms with Crippen molar-refractivity contribution in [2.75, 3.05) is 11.9 Å². The van der Waals surface area contributed by atoms with Gasteiger partial charge in [-0.2, -0.15) is 0 Å². The van der Waals surface area contributed by atoms with Crippen LogP contribution < -0.4 is 15.8 Å². The van der Waals surface area contributed by atoms with E-state index in [2.05, 4.69) is 10.3 Å². The Morgan fingerprint density at radius 2 is 1.89 bits per heavy atom. The molecule has 2 aromatic rings. The first kappa shape index (κ1) is 13.3. The van der Waals surface area contributed by atoms with Crippen LogP contribution in [0.25, 0.3) is 0 Å². The molecule has 5 heteroatoms. The fourth-order valence-electron chi connectivity index (χ4n) is 1.58. The maximum atomic E-state index is 5.50. The molecule has 4 nitrogen and oxygen atoms in total. The smallest absolute Gasteiger partial charge is 0.122 e. The van der Waals surface area contributed by atoms with Crippen molar-refractivity contribution in [2.45, 2.75) is 6.92 Å². The van der Waals surface area contributed by atoms with Crippen molar-refractivity contribution in [1.29, 1.82) is 0 Å². The van der Waals surface area contributed by atoms with Gasteiger partial charge in [0.25, 0.3) is 0 Å². The molecule has 0 spiro atoms. The molecule has 0 radical (unpaired) electrons. The Balaban J connectivity index is 2.06. The highest BCUT2D eigenvalue weighted by atomic mass is 32.1. The normalized spacial score (nSPS) is 9.95. The summed E-state index contributed by atoms with van der Waals surface area (Å²) in [5.74, 6) is 0.856. The second-order valence-corrected chi connectivity index (χ2v) is 4.32. The third-order valence-electron chi connectivity index (χ3n) is 2.47. The van der Waals surface area contributed by atoms with Crippen molar-refractivity contribution in [1.82, 2.24) is 4.98 Å². The van der Waals surface area contributed by atoms with E-state index in [-0.39, 0.29) is 0 Å². The van der Waals surface area contributed by atoms with Crippen molar-refractivity contribution in [3.8, 4) is 5.75 Å². The highest BCUT2D eigenvalue weighted by molar-refractivity contribution is 7.80. The van der Waals surface area contributed by atoms with Crippen LogP contribution in [0.5, 0.6) is 5.75 Å². The minimum absolute atomic E-state index is 0.299. The number of nitrogens with two attached hydrogens (primary N) is 1. The van der Waals surface area contributed by atoms with Gasteiger partial charge in [-0.3, -0.25) is 4.98 Å². The fraction of sp³-hybridized carbons (Fsp3) is 0.143. The number of thiocarbonyl (C=S) groups is 1. The molecule has 0 aliphatic rings. The second-order valence-electron chi connectivity index (χ2n) is 3.88. The molecule has 3 N–H and O–H groups in total. The van der Waals surface area contributed by atoms with Crippen LogP contribution in [0.2, 0.25) is 0 Å². The van der Waals surface area contributed by atoms with Gasteiger partial charge in [0.2, 0.25) is 0 Å². The van der Waals surface area contributed by atoms with Crippen LogP contribution in [0.15, 0.2) is 42.6 Å². The number of benzene rings is 1. The van der Waals surface area contributed by atoms with Gasteiger partial charge in [-0.1, -0.05) is 12.2 Å². The van der Waals surface area contributed by atoms with E-state index >= 15 is 0 Å². The standard InChI is InChI=1S/C14H15N3OS/c1-2-18-12-6-3-10(4-7-12)17-11-5-8-13(14(15)19)16-9-11/h3-9,17H,2H2,1H3,(H2,15,19). The minimum atomic E-state index is 0.299. The third-order valence-corrected chi connectivity index (χ3v) is 2.68. The van der Waals surface area contributed by atoms with E-state index in [4.69, 9.17) is 22.7 Å². The van der Waals surface area contributed by atoms with Gasteiger partial charge in [0, 0.05) is 5.69 Å². The Hall–Kier alpha value is -2.14. The number of anilines is 2. The molecule has 0 aliphatic carbocycles. The quantitative estimate of drug-likeness (QED) is 0.820. The molecule has 1 heterocycles. The molecule has 0 bridgehead atoms. The number of hydrogen-bond acceptors (Lipinski definition) is 4. The summed E-state index contributed by atoms with van der Waals surface area (Å²) in [5.41, 5.74) is 7.96. The SMILES string of the molecule is CCOc1ccc(Nc2ccc(C(N)=S)nc2)cc1. The Bertz CT molecular complexity index is 552. The number of aromatic nitrogens is 1. The van der Waals surface area contributed by atoms with Gasteiger partial charge in [0.15, 0.2) is 0 Å². The third kappa shape index (κ3) is 3.66. The summed E-state index contributed by atoms with van der Waals surface area (Å²) in [6.07, 6.45) is 1.70. The zero-order chi connectivity index (χ0) is 13.7. The van der Waals surface area contributed by atoms with E-state index in [0.717, 1.165) is 17.1 Å². The number of rotatable bonds is 5. The lowest BCUT2D eigenvalue weighted by Gasteiger charge is -2.08. The maximum Gasteiger partial charge on any atom is 0.122 e. The topological polar surface area (TPSA) is 60.2 Å². The molecule has 0 fully saturated rings. The van der Waals surface area contributed by atoms with Gasteiger partial charge in [-0.05, 0) is 43.3 Å². The molecule has 0 atom stereocenters. The highest BCUT2D eigenvalue weighted by Crippen LogP contribution is 2.19. The Morgan fingerprint density at radius 3 is 2.42 bits per heavy atom. The monoisotopic (exact) mass is 273 g/mol. The van der Waals surface area contributed by atoms with E-state index in [1.165, 1.54) is 0 Å². The summed E-state index contributed by atoms with van der Waals surface area (Å²) in [5, 5.41) is 3.24. The van der Waals surface area contributed by atoms with Gasteiger partial charge < -0.3 is 15.8 Å². The molecule has 0 unspecified atom stereocenters. The van der Waals surface area contributed by atoms with Crippen LogP contribution >= 0.6 is 12.2 Å². The predicted octanol–water partition coefficient (Wildman–Crippen LogP) is 2.86.